The molecule has 0 unspecified atom stereocenters. The van der Waals surface area contributed by atoms with Crippen LogP contribution in [0.15, 0.2) is 0 Å². The summed E-state index contributed by atoms with van der Waals surface area (Å²) in [6, 6.07) is 0. The van der Waals surface area contributed by atoms with E-state index in [0.29, 0.717) is 6.61 Å². The maximum absolute atomic E-state index is 5.17. The van der Waals surface area contributed by atoms with E-state index in [0.717, 1.165) is 5.69 Å². The van der Waals surface area contributed by atoms with Crippen molar-refractivity contribution in [3.05, 3.63) is 16.1 Å². The minimum atomic E-state index is 0.180. The van der Waals surface area contributed by atoms with E-state index in [2.05, 4.69) is 25.1 Å². The molecule has 0 amide bonds. The lowest BCUT2D eigenvalue weighted by Gasteiger charge is -2.17. The molecular formula is C10H17NOS. The van der Waals surface area contributed by atoms with Crippen LogP contribution in [0.3, 0.4) is 0 Å². The number of ether oxygens (including phenoxy) is 1. The van der Waals surface area contributed by atoms with Crippen molar-refractivity contribution in [2.75, 3.05) is 7.11 Å². The topological polar surface area (TPSA) is 22.1 Å². The van der Waals surface area contributed by atoms with Crippen LogP contribution in [-0.4, -0.2) is 11.5 Å². The first kappa shape index (κ1) is 10.7. The smallest absolute Gasteiger partial charge is 0.0742 e. The molecule has 0 saturated carbocycles. The lowest BCUT2D eigenvalue weighted by Crippen LogP contribution is -2.12. The number of aromatic nitrogens is 1. The second kappa shape index (κ2) is 3.76. The molecule has 2 nitrogen and oxygen atoms in total. The highest BCUT2D eigenvalue weighted by Crippen LogP contribution is 2.31. The first-order valence-corrected chi connectivity index (χ1v) is 5.18. The monoisotopic (exact) mass is 199 g/mol. The van der Waals surface area contributed by atoms with Gasteiger partial charge in [-0.15, -0.1) is 0 Å². The summed E-state index contributed by atoms with van der Waals surface area (Å²) in [7, 11) is 1.73. The van der Waals surface area contributed by atoms with Crippen LogP contribution in [0.25, 0.3) is 0 Å². The van der Waals surface area contributed by atoms with Crippen LogP contribution in [0.4, 0.5) is 0 Å². The van der Waals surface area contributed by atoms with Crippen molar-refractivity contribution in [2.45, 2.75) is 39.7 Å². The maximum Gasteiger partial charge on any atom is 0.0742 e. The minimum Gasteiger partial charge on any atom is -0.380 e. The molecule has 0 N–H and O–H groups in total. The minimum absolute atomic E-state index is 0.180. The Kier molecular flexibility index (Phi) is 3.09. The fourth-order valence-corrected chi connectivity index (χ4v) is 2.22. The predicted molar refractivity (Wildman–Crippen MR) is 56.3 cm³/mol. The summed E-state index contributed by atoms with van der Waals surface area (Å²) in [5.74, 6) is 0. The predicted octanol–water partition coefficient (Wildman–Crippen LogP) is 2.90. The first-order valence-electron chi connectivity index (χ1n) is 4.41. The third-order valence-corrected chi connectivity index (χ3v) is 3.36. The second-order valence-corrected chi connectivity index (χ2v) is 5.03. The largest absolute Gasteiger partial charge is 0.380 e. The first-order chi connectivity index (χ1) is 5.96. The Balaban J connectivity index is 3.07. The Bertz CT molecular complexity index is 286. The van der Waals surface area contributed by atoms with Crippen molar-refractivity contribution in [3.8, 4) is 0 Å². The lowest BCUT2D eigenvalue weighted by atomic mass is 9.91. The van der Waals surface area contributed by atoms with Gasteiger partial charge in [0.25, 0.3) is 0 Å². The SMILES string of the molecule is COCc1c(C)nsc1C(C)(C)C. The molecule has 1 rings (SSSR count). The van der Waals surface area contributed by atoms with Gasteiger partial charge in [-0.05, 0) is 23.9 Å². The van der Waals surface area contributed by atoms with Gasteiger partial charge < -0.3 is 4.74 Å². The normalized spacial score (nSPS) is 12.1. The van der Waals surface area contributed by atoms with E-state index in [1.54, 1.807) is 18.6 Å². The Labute approximate surface area is 84.1 Å². The molecule has 0 saturated heterocycles. The van der Waals surface area contributed by atoms with Crippen molar-refractivity contribution in [1.82, 2.24) is 4.37 Å². The van der Waals surface area contributed by atoms with E-state index < -0.39 is 0 Å². The van der Waals surface area contributed by atoms with Gasteiger partial charge in [0, 0.05) is 17.6 Å². The van der Waals surface area contributed by atoms with Gasteiger partial charge in [-0.2, -0.15) is 4.37 Å². The quantitative estimate of drug-likeness (QED) is 0.730. The van der Waals surface area contributed by atoms with Crippen LogP contribution in [0.1, 0.15) is 36.9 Å². The van der Waals surface area contributed by atoms with E-state index in [9.17, 15) is 0 Å². The van der Waals surface area contributed by atoms with Crippen molar-refractivity contribution in [3.63, 3.8) is 0 Å². The van der Waals surface area contributed by atoms with Crippen molar-refractivity contribution in [2.24, 2.45) is 0 Å². The van der Waals surface area contributed by atoms with Gasteiger partial charge in [-0.25, -0.2) is 0 Å². The molecule has 74 valence electrons. The number of methoxy groups -OCH3 is 1. The number of aryl methyl sites for hydroxylation is 1. The maximum atomic E-state index is 5.17. The highest BCUT2D eigenvalue weighted by Gasteiger charge is 2.22. The zero-order valence-electron chi connectivity index (χ0n) is 8.97. The summed E-state index contributed by atoms with van der Waals surface area (Å²) in [4.78, 5) is 1.34. The van der Waals surface area contributed by atoms with Gasteiger partial charge >= 0.3 is 0 Å². The average Bonchev–Trinajstić information content (AvgIpc) is 2.32. The summed E-state index contributed by atoms with van der Waals surface area (Å²) >= 11 is 1.59. The van der Waals surface area contributed by atoms with E-state index in [1.165, 1.54) is 10.4 Å². The second-order valence-electron chi connectivity index (χ2n) is 4.26. The molecule has 13 heavy (non-hydrogen) atoms. The molecule has 0 aromatic carbocycles. The average molecular weight is 199 g/mol. The molecule has 0 atom stereocenters. The molecule has 0 aliphatic carbocycles. The summed E-state index contributed by atoms with van der Waals surface area (Å²) in [6.45, 7) is 9.34. The molecule has 0 fully saturated rings. The standard InChI is InChI=1S/C10H17NOS/c1-7-8(6-12-5)9(13-11-7)10(2,3)4/h6H2,1-5H3. The zero-order valence-corrected chi connectivity index (χ0v) is 9.79. The Morgan fingerprint density at radius 3 is 2.46 bits per heavy atom. The third kappa shape index (κ3) is 2.29. The van der Waals surface area contributed by atoms with Gasteiger partial charge in [-0.1, -0.05) is 20.8 Å². The Morgan fingerprint density at radius 2 is 2.00 bits per heavy atom. The van der Waals surface area contributed by atoms with Gasteiger partial charge in [0.2, 0.25) is 0 Å². The molecule has 3 heteroatoms. The fourth-order valence-electron chi connectivity index (χ4n) is 1.29. The summed E-state index contributed by atoms with van der Waals surface area (Å²) < 4.78 is 9.53. The summed E-state index contributed by atoms with van der Waals surface area (Å²) in [6.07, 6.45) is 0. The highest BCUT2D eigenvalue weighted by atomic mass is 32.1. The number of hydrogen-bond donors (Lipinski definition) is 0. The van der Waals surface area contributed by atoms with E-state index in [4.69, 9.17) is 4.74 Å². The Morgan fingerprint density at radius 1 is 1.38 bits per heavy atom. The lowest BCUT2D eigenvalue weighted by molar-refractivity contribution is 0.183. The van der Waals surface area contributed by atoms with Crippen LogP contribution in [0.2, 0.25) is 0 Å². The highest BCUT2D eigenvalue weighted by molar-refractivity contribution is 7.06. The van der Waals surface area contributed by atoms with Gasteiger partial charge in [0.1, 0.15) is 0 Å². The molecule has 1 heterocycles. The van der Waals surface area contributed by atoms with Gasteiger partial charge in [0.15, 0.2) is 0 Å². The van der Waals surface area contributed by atoms with E-state index >= 15 is 0 Å². The van der Waals surface area contributed by atoms with E-state index in [1.807, 2.05) is 6.92 Å². The van der Waals surface area contributed by atoms with Crippen LogP contribution in [0, 0.1) is 6.92 Å². The zero-order chi connectivity index (χ0) is 10.1. The van der Waals surface area contributed by atoms with Crippen LogP contribution < -0.4 is 0 Å². The Hall–Kier alpha value is -0.410. The number of hydrogen-bond acceptors (Lipinski definition) is 3. The van der Waals surface area contributed by atoms with Crippen LogP contribution in [-0.2, 0) is 16.8 Å². The summed E-state index contributed by atoms with van der Waals surface area (Å²) in [5, 5.41) is 0. The summed E-state index contributed by atoms with van der Waals surface area (Å²) in [5.41, 5.74) is 2.55. The molecular weight excluding hydrogens is 182 g/mol. The molecule has 0 radical (unpaired) electrons. The number of rotatable bonds is 2. The molecule has 1 aromatic heterocycles. The van der Waals surface area contributed by atoms with Crippen molar-refractivity contribution < 1.29 is 4.74 Å². The fraction of sp³-hybridized carbons (Fsp3) is 0.700. The molecule has 0 spiro atoms. The molecule has 0 bridgehead atoms. The van der Waals surface area contributed by atoms with Crippen LogP contribution in [0.5, 0.6) is 0 Å². The molecule has 0 aliphatic rings. The molecule has 0 aliphatic heterocycles. The van der Waals surface area contributed by atoms with Gasteiger partial charge in [0.05, 0.1) is 12.3 Å². The van der Waals surface area contributed by atoms with E-state index in [-0.39, 0.29) is 5.41 Å². The van der Waals surface area contributed by atoms with Gasteiger partial charge in [-0.3, -0.25) is 0 Å². The third-order valence-electron chi connectivity index (χ3n) is 1.95. The van der Waals surface area contributed by atoms with Crippen LogP contribution >= 0.6 is 11.5 Å². The molecule has 1 aromatic rings. The van der Waals surface area contributed by atoms with Crippen molar-refractivity contribution in [1.29, 1.82) is 0 Å². The van der Waals surface area contributed by atoms with Crippen molar-refractivity contribution >= 4 is 11.5 Å². The number of nitrogens with zero attached hydrogens (tertiary/aromatic N) is 1.